The van der Waals surface area contributed by atoms with Gasteiger partial charge in [0.2, 0.25) is 5.91 Å². The Hall–Kier alpha value is -3.38. The van der Waals surface area contributed by atoms with Crippen LogP contribution in [0.1, 0.15) is 36.5 Å². The monoisotopic (exact) mass is 456 g/mol. The SMILES string of the molecule is Cc1ccc(-c2nnc(SCC(=O)Nc3ccc(C(C)C)cc3)n2-c2ccc(C)cc2)cc1. The van der Waals surface area contributed by atoms with Crippen molar-refractivity contribution in [2.45, 2.75) is 38.8 Å². The fraction of sp³-hybridized carbons (Fsp3) is 0.222. The predicted molar refractivity (Wildman–Crippen MR) is 136 cm³/mol. The second-order valence-electron chi connectivity index (χ2n) is 8.46. The molecule has 0 spiro atoms. The summed E-state index contributed by atoms with van der Waals surface area (Å²) in [5, 5.41) is 12.5. The van der Waals surface area contributed by atoms with Crippen LogP contribution < -0.4 is 5.32 Å². The Morgan fingerprint density at radius 1 is 0.879 bits per heavy atom. The van der Waals surface area contributed by atoms with Crippen molar-refractivity contribution in [1.82, 2.24) is 14.8 Å². The van der Waals surface area contributed by atoms with Crippen LogP contribution in [0, 0.1) is 13.8 Å². The molecule has 0 bridgehead atoms. The second kappa shape index (κ2) is 10.0. The van der Waals surface area contributed by atoms with Crippen LogP contribution in [0.4, 0.5) is 5.69 Å². The largest absolute Gasteiger partial charge is 0.325 e. The summed E-state index contributed by atoms with van der Waals surface area (Å²) < 4.78 is 2.01. The van der Waals surface area contributed by atoms with Gasteiger partial charge in [-0.25, -0.2) is 0 Å². The molecule has 0 aliphatic heterocycles. The van der Waals surface area contributed by atoms with Gasteiger partial charge in [-0.3, -0.25) is 9.36 Å². The highest BCUT2D eigenvalue weighted by atomic mass is 32.2. The number of thioether (sulfide) groups is 1. The van der Waals surface area contributed by atoms with Gasteiger partial charge < -0.3 is 5.32 Å². The van der Waals surface area contributed by atoms with Crippen LogP contribution in [0.15, 0.2) is 78.0 Å². The molecule has 4 aromatic rings. The van der Waals surface area contributed by atoms with E-state index in [9.17, 15) is 4.79 Å². The molecule has 0 atom stereocenters. The molecule has 1 amide bonds. The molecule has 1 N–H and O–H groups in total. The molecule has 0 radical (unpaired) electrons. The van der Waals surface area contributed by atoms with E-state index in [1.807, 2.05) is 28.8 Å². The van der Waals surface area contributed by atoms with Crippen molar-refractivity contribution in [1.29, 1.82) is 0 Å². The number of carbonyl (C=O) groups is 1. The lowest BCUT2D eigenvalue weighted by Crippen LogP contribution is -2.14. The zero-order valence-electron chi connectivity index (χ0n) is 19.4. The second-order valence-corrected chi connectivity index (χ2v) is 9.40. The number of hydrogen-bond acceptors (Lipinski definition) is 4. The van der Waals surface area contributed by atoms with Crippen molar-refractivity contribution in [3.8, 4) is 17.1 Å². The molecule has 4 rings (SSSR count). The number of nitrogens with one attached hydrogen (secondary N) is 1. The van der Waals surface area contributed by atoms with Crippen LogP contribution in [0.5, 0.6) is 0 Å². The van der Waals surface area contributed by atoms with Crippen molar-refractivity contribution in [2.24, 2.45) is 0 Å². The third-order valence-electron chi connectivity index (χ3n) is 5.43. The molecule has 1 aromatic heterocycles. The number of hydrogen-bond donors (Lipinski definition) is 1. The van der Waals surface area contributed by atoms with Gasteiger partial charge in [0, 0.05) is 16.9 Å². The van der Waals surface area contributed by atoms with E-state index >= 15 is 0 Å². The van der Waals surface area contributed by atoms with E-state index in [1.54, 1.807) is 0 Å². The third-order valence-corrected chi connectivity index (χ3v) is 6.36. The van der Waals surface area contributed by atoms with Gasteiger partial charge in [0.1, 0.15) is 0 Å². The molecule has 0 aliphatic rings. The van der Waals surface area contributed by atoms with Gasteiger partial charge in [-0.05, 0) is 49.6 Å². The van der Waals surface area contributed by atoms with E-state index in [1.165, 1.54) is 28.5 Å². The molecule has 168 valence electrons. The summed E-state index contributed by atoms with van der Waals surface area (Å²) in [5.41, 5.74) is 6.36. The van der Waals surface area contributed by atoms with Gasteiger partial charge in [-0.15, -0.1) is 10.2 Å². The van der Waals surface area contributed by atoms with Crippen LogP contribution in [0.3, 0.4) is 0 Å². The maximum absolute atomic E-state index is 12.6. The molecule has 5 nitrogen and oxygen atoms in total. The van der Waals surface area contributed by atoms with Crippen LogP contribution in [0.25, 0.3) is 17.1 Å². The zero-order chi connectivity index (χ0) is 23.4. The van der Waals surface area contributed by atoms with Crippen molar-refractivity contribution in [3.63, 3.8) is 0 Å². The Morgan fingerprint density at radius 3 is 2.09 bits per heavy atom. The lowest BCUT2D eigenvalue weighted by molar-refractivity contribution is -0.113. The topological polar surface area (TPSA) is 59.8 Å². The number of aromatic nitrogens is 3. The van der Waals surface area contributed by atoms with E-state index in [4.69, 9.17) is 0 Å². The van der Waals surface area contributed by atoms with Crippen molar-refractivity contribution in [3.05, 3.63) is 89.5 Å². The summed E-state index contributed by atoms with van der Waals surface area (Å²) >= 11 is 1.38. The minimum atomic E-state index is -0.0763. The number of nitrogens with zero attached hydrogens (tertiary/aromatic N) is 3. The van der Waals surface area contributed by atoms with Crippen molar-refractivity contribution < 1.29 is 4.79 Å². The first-order valence-corrected chi connectivity index (χ1v) is 12.0. The molecule has 0 fully saturated rings. The first-order valence-electron chi connectivity index (χ1n) is 11.0. The van der Waals surface area contributed by atoms with Crippen LogP contribution in [0.2, 0.25) is 0 Å². The minimum absolute atomic E-state index is 0.0763. The number of amides is 1. The van der Waals surface area contributed by atoms with Gasteiger partial charge in [-0.2, -0.15) is 0 Å². The molecule has 33 heavy (non-hydrogen) atoms. The van der Waals surface area contributed by atoms with Crippen LogP contribution >= 0.6 is 11.8 Å². The number of aryl methyl sites for hydroxylation is 2. The van der Waals surface area contributed by atoms with Gasteiger partial charge in [0.25, 0.3) is 0 Å². The van der Waals surface area contributed by atoms with Gasteiger partial charge in [-0.1, -0.05) is 85.3 Å². The Kier molecular flexibility index (Phi) is 6.94. The highest BCUT2D eigenvalue weighted by Gasteiger charge is 2.17. The first kappa shape index (κ1) is 22.8. The highest BCUT2D eigenvalue weighted by molar-refractivity contribution is 7.99. The molecule has 6 heteroatoms. The molecular weight excluding hydrogens is 428 g/mol. The highest BCUT2D eigenvalue weighted by Crippen LogP contribution is 2.28. The summed E-state index contributed by atoms with van der Waals surface area (Å²) in [7, 11) is 0. The third kappa shape index (κ3) is 5.52. The lowest BCUT2D eigenvalue weighted by Gasteiger charge is -2.11. The first-order chi connectivity index (χ1) is 15.9. The number of rotatable bonds is 7. The standard InChI is InChI=1S/C27H28N4OS/c1-18(2)21-11-13-23(14-12-21)28-25(32)17-33-27-30-29-26(22-9-5-19(3)6-10-22)31(27)24-15-7-20(4)8-16-24/h5-16,18H,17H2,1-4H3,(H,28,32). The quantitative estimate of drug-likeness (QED) is 0.327. The minimum Gasteiger partial charge on any atom is -0.325 e. The smallest absolute Gasteiger partial charge is 0.234 e. The Bertz CT molecular complexity index is 1230. The molecular formula is C27H28N4OS. The number of anilines is 1. The predicted octanol–water partition coefficient (Wildman–Crippen LogP) is 6.41. The van der Waals surface area contributed by atoms with E-state index in [0.29, 0.717) is 11.1 Å². The maximum atomic E-state index is 12.6. The molecule has 0 saturated carbocycles. The normalized spacial score (nSPS) is 11.1. The summed E-state index contributed by atoms with van der Waals surface area (Å²) in [4.78, 5) is 12.6. The Morgan fingerprint density at radius 2 is 1.48 bits per heavy atom. The lowest BCUT2D eigenvalue weighted by atomic mass is 10.0. The average Bonchev–Trinajstić information content (AvgIpc) is 3.23. The number of carbonyl (C=O) groups excluding carboxylic acids is 1. The maximum Gasteiger partial charge on any atom is 0.234 e. The van der Waals surface area contributed by atoms with Gasteiger partial charge in [0.15, 0.2) is 11.0 Å². The molecule has 3 aromatic carbocycles. The summed E-state index contributed by atoms with van der Waals surface area (Å²) in [6.45, 7) is 8.42. The van der Waals surface area contributed by atoms with Crippen LogP contribution in [-0.4, -0.2) is 26.4 Å². The molecule has 0 aliphatic carbocycles. The summed E-state index contributed by atoms with van der Waals surface area (Å²) in [5.74, 6) is 1.38. The zero-order valence-corrected chi connectivity index (χ0v) is 20.2. The molecule has 1 heterocycles. The molecule has 0 saturated heterocycles. The van der Waals surface area contributed by atoms with E-state index in [-0.39, 0.29) is 11.7 Å². The fourth-order valence-electron chi connectivity index (χ4n) is 3.46. The fourth-order valence-corrected chi connectivity index (χ4v) is 4.21. The molecule has 0 unspecified atom stereocenters. The average molecular weight is 457 g/mol. The number of benzene rings is 3. The Labute approximate surface area is 199 Å². The van der Waals surface area contributed by atoms with Crippen LogP contribution in [-0.2, 0) is 4.79 Å². The van der Waals surface area contributed by atoms with Gasteiger partial charge >= 0.3 is 0 Å². The van der Waals surface area contributed by atoms with Crippen molar-refractivity contribution >= 4 is 23.4 Å². The van der Waals surface area contributed by atoms with E-state index < -0.39 is 0 Å². The van der Waals surface area contributed by atoms with Gasteiger partial charge in [0.05, 0.1) is 5.75 Å². The Balaban J connectivity index is 1.55. The summed E-state index contributed by atoms with van der Waals surface area (Å²) in [6.07, 6.45) is 0. The summed E-state index contributed by atoms with van der Waals surface area (Å²) in [6, 6.07) is 24.5. The van der Waals surface area contributed by atoms with E-state index in [0.717, 1.165) is 22.8 Å². The van der Waals surface area contributed by atoms with Crippen molar-refractivity contribution in [2.75, 3.05) is 11.1 Å². The van der Waals surface area contributed by atoms with E-state index in [2.05, 4.69) is 91.7 Å².